The van der Waals surface area contributed by atoms with E-state index in [0.29, 0.717) is 6.54 Å². The van der Waals surface area contributed by atoms with Gasteiger partial charge in [0, 0.05) is 24.8 Å². The fourth-order valence-electron chi connectivity index (χ4n) is 2.69. The van der Waals surface area contributed by atoms with Gasteiger partial charge in [-0.2, -0.15) is 0 Å². The number of nitrogens with zero attached hydrogens (tertiary/aromatic N) is 1. The van der Waals surface area contributed by atoms with Gasteiger partial charge >= 0.3 is 0 Å². The minimum Gasteiger partial charge on any atom is -0.322 e. The summed E-state index contributed by atoms with van der Waals surface area (Å²) in [4.78, 5) is 11.7. The van der Waals surface area contributed by atoms with Gasteiger partial charge in [0.15, 0.2) is 0 Å². The van der Waals surface area contributed by atoms with E-state index in [9.17, 15) is 4.79 Å². The molecule has 2 rings (SSSR count). The molecule has 1 atom stereocenters. The molecule has 100 valence electrons. The summed E-state index contributed by atoms with van der Waals surface area (Å²) in [6.07, 6.45) is 1.78. The van der Waals surface area contributed by atoms with Crippen LogP contribution in [0.25, 0.3) is 0 Å². The van der Waals surface area contributed by atoms with Crippen molar-refractivity contribution >= 4 is 0 Å². The van der Waals surface area contributed by atoms with Crippen molar-refractivity contribution in [3.63, 3.8) is 0 Å². The predicted octanol–water partition coefficient (Wildman–Crippen LogP) is 2.47. The minimum absolute atomic E-state index is 0.0135. The Balaban J connectivity index is 2.33. The first kappa shape index (κ1) is 13.6. The second kappa shape index (κ2) is 5.41. The lowest BCUT2D eigenvalue weighted by Crippen LogP contribution is -2.26. The molecule has 0 saturated heterocycles. The maximum Gasteiger partial charge on any atom is 0.250 e. The lowest BCUT2D eigenvalue weighted by molar-refractivity contribution is 0.557. The summed E-state index contributed by atoms with van der Waals surface area (Å²) in [6.45, 7) is 6.73. The number of aromatic nitrogens is 1. The van der Waals surface area contributed by atoms with Crippen molar-refractivity contribution in [3.8, 4) is 0 Å². The predicted molar refractivity (Wildman–Crippen MR) is 78.3 cm³/mol. The fraction of sp³-hybridized carbons (Fsp3) is 0.312. The molecule has 1 aromatic carbocycles. The molecule has 3 nitrogen and oxygen atoms in total. The lowest BCUT2D eigenvalue weighted by Gasteiger charge is -2.19. The standard InChI is InChI=1S/C16H20N2O/c1-11-8-12(2)16(13(3)9-11)14(17)10-18-7-5-4-6-15(18)19/h4-9,14H,10,17H2,1-3H3. The van der Waals surface area contributed by atoms with Crippen LogP contribution < -0.4 is 11.3 Å². The molecule has 1 aromatic heterocycles. The highest BCUT2D eigenvalue weighted by Gasteiger charge is 2.13. The first-order valence-electron chi connectivity index (χ1n) is 6.48. The normalized spacial score (nSPS) is 12.4. The van der Waals surface area contributed by atoms with Crippen LogP contribution in [0.15, 0.2) is 41.3 Å². The van der Waals surface area contributed by atoms with E-state index < -0.39 is 0 Å². The number of aryl methyl sites for hydroxylation is 3. The summed E-state index contributed by atoms with van der Waals surface area (Å²) in [7, 11) is 0. The molecule has 1 unspecified atom stereocenters. The van der Waals surface area contributed by atoms with Crippen molar-refractivity contribution in [1.29, 1.82) is 0 Å². The molecular formula is C16H20N2O. The monoisotopic (exact) mass is 256 g/mol. The Labute approximate surface area is 113 Å². The Morgan fingerprint density at radius 1 is 1.16 bits per heavy atom. The molecule has 2 N–H and O–H groups in total. The van der Waals surface area contributed by atoms with Gasteiger partial charge in [-0.05, 0) is 43.5 Å². The van der Waals surface area contributed by atoms with Crippen LogP contribution in [-0.2, 0) is 6.54 Å². The Kier molecular flexibility index (Phi) is 3.86. The fourth-order valence-corrected chi connectivity index (χ4v) is 2.69. The van der Waals surface area contributed by atoms with Gasteiger partial charge in [0.2, 0.25) is 0 Å². The van der Waals surface area contributed by atoms with Gasteiger partial charge in [0.1, 0.15) is 0 Å². The van der Waals surface area contributed by atoms with Crippen LogP contribution in [0.4, 0.5) is 0 Å². The molecule has 0 fully saturated rings. The summed E-state index contributed by atoms with van der Waals surface area (Å²) < 4.78 is 1.66. The zero-order valence-electron chi connectivity index (χ0n) is 11.7. The summed E-state index contributed by atoms with van der Waals surface area (Å²) in [6, 6.07) is 9.25. The third-order valence-electron chi connectivity index (χ3n) is 3.40. The highest BCUT2D eigenvalue weighted by atomic mass is 16.1. The highest BCUT2D eigenvalue weighted by Crippen LogP contribution is 2.22. The van der Waals surface area contributed by atoms with E-state index in [-0.39, 0.29) is 11.6 Å². The number of nitrogens with two attached hydrogens (primary N) is 1. The molecule has 0 spiro atoms. The second-order valence-electron chi connectivity index (χ2n) is 5.11. The van der Waals surface area contributed by atoms with E-state index in [2.05, 4.69) is 32.9 Å². The first-order chi connectivity index (χ1) is 8.99. The lowest BCUT2D eigenvalue weighted by atomic mass is 9.94. The van der Waals surface area contributed by atoms with Crippen molar-refractivity contribution in [1.82, 2.24) is 4.57 Å². The summed E-state index contributed by atoms with van der Waals surface area (Å²) in [5, 5.41) is 0. The molecule has 0 aliphatic heterocycles. The van der Waals surface area contributed by atoms with Gasteiger partial charge in [0.05, 0.1) is 0 Å². The zero-order valence-corrected chi connectivity index (χ0v) is 11.7. The van der Waals surface area contributed by atoms with Crippen LogP contribution in [0.1, 0.15) is 28.3 Å². The zero-order chi connectivity index (χ0) is 14.0. The topological polar surface area (TPSA) is 48.0 Å². The molecule has 2 aromatic rings. The van der Waals surface area contributed by atoms with E-state index in [1.165, 1.54) is 16.7 Å². The van der Waals surface area contributed by atoms with Gasteiger partial charge < -0.3 is 10.3 Å². The van der Waals surface area contributed by atoms with Crippen LogP contribution in [0.5, 0.6) is 0 Å². The molecule has 19 heavy (non-hydrogen) atoms. The Hall–Kier alpha value is -1.87. The van der Waals surface area contributed by atoms with Gasteiger partial charge in [-0.15, -0.1) is 0 Å². The van der Waals surface area contributed by atoms with Crippen molar-refractivity contribution < 1.29 is 0 Å². The van der Waals surface area contributed by atoms with Crippen molar-refractivity contribution in [3.05, 3.63) is 69.1 Å². The molecular weight excluding hydrogens is 236 g/mol. The maximum atomic E-state index is 11.7. The Bertz CT molecular complexity index is 620. The molecule has 0 radical (unpaired) electrons. The summed E-state index contributed by atoms with van der Waals surface area (Å²) in [5.41, 5.74) is 11.0. The van der Waals surface area contributed by atoms with Gasteiger partial charge in [-0.25, -0.2) is 0 Å². The Morgan fingerprint density at radius 3 is 2.37 bits per heavy atom. The SMILES string of the molecule is Cc1cc(C)c(C(N)Cn2ccccc2=O)c(C)c1. The first-order valence-corrected chi connectivity index (χ1v) is 6.48. The molecule has 0 saturated carbocycles. The average Bonchev–Trinajstić information content (AvgIpc) is 2.30. The number of hydrogen-bond acceptors (Lipinski definition) is 2. The minimum atomic E-state index is -0.166. The van der Waals surface area contributed by atoms with Crippen LogP contribution in [0, 0.1) is 20.8 Å². The number of benzene rings is 1. The van der Waals surface area contributed by atoms with Crippen LogP contribution in [0.3, 0.4) is 0 Å². The quantitative estimate of drug-likeness (QED) is 0.917. The molecule has 0 aliphatic carbocycles. The average molecular weight is 256 g/mol. The van der Waals surface area contributed by atoms with Crippen LogP contribution in [0.2, 0.25) is 0 Å². The van der Waals surface area contributed by atoms with E-state index in [0.717, 1.165) is 5.56 Å². The largest absolute Gasteiger partial charge is 0.322 e. The molecule has 0 aliphatic rings. The third kappa shape index (κ3) is 2.93. The summed E-state index contributed by atoms with van der Waals surface area (Å²) >= 11 is 0. The van der Waals surface area contributed by atoms with E-state index in [4.69, 9.17) is 5.73 Å². The highest BCUT2D eigenvalue weighted by molar-refractivity contribution is 5.39. The smallest absolute Gasteiger partial charge is 0.250 e. The molecule has 1 heterocycles. The third-order valence-corrected chi connectivity index (χ3v) is 3.40. The van der Waals surface area contributed by atoms with Gasteiger partial charge in [-0.3, -0.25) is 4.79 Å². The number of rotatable bonds is 3. The van der Waals surface area contributed by atoms with Gasteiger partial charge in [0.25, 0.3) is 5.56 Å². The van der Waals surface area contributed by atoms with Crippen molar-refractivity contribution in [2.24, 2.45) is 5.73 Å². The summed E-state index contributed by atoms with van der Waals surface area (Å²) in [5.74, 6) is 0. The van der Waals surface area contributed by atoms with E-state index in [1.54, 1.807) is 22.9 Å². The van der Waals surface area contributed by atoms with Crippen molar-refractivity contribution in [2.45, 2.75) is 33.4 Å². The van der Waals surface area contributed by atoms with Crippen LogP contribution in [-0.4, -0.2) is 4.57 Å². The van der Waals surface area contributed by atoms with Crippen molar-refractivity contribution in [2.75, 3.05) is 0 Å². The Morgan fingerprint density at radius 2 is 1.79 bits per heavy atom. The number of pyridine rings is 1. The second-order valence-corrected chi connectivity index (χ2v) is 5.11. The molecule has 0 bridgehead atoms. The molecule has 3 heteroatoms. The number of hydrogen-bond donors (Lipinski definition) is 1. The van der Waals surface area contributed by atoms with E-state index >= 15 is 0 Å². The van der Waals surface area contributed by atoms with E-state index in [1.807, 2.05) is 6.07 Å². The van der Waals surface area contributed by atoms with Crippen LogP contribution >= 0.6 is 0 Å². The molecule has 0 amide bonds. The van der Waals surface area contributed by atoms with Gasteiger partial charge in [-0.1, -0.05) is 23.8 Å². The maximum absolute atomic E-state index is 11.7.